The van der Waals surface area contributed by atoms with E-state index >= 15 is 0 Å². The molecule has 1 radical (unpaired) electrons. The molecule has 0 fully saturated rings. The van der Waals surface area contributed by atoms with Crippen LogP contribution in [0.25, 0.3) is 0 Å². The Kier molecular flexibility index (Phi) is 3.33. The fourth-order valence-electron chi connectivity index (χ4n) is 0.927. The van der Waals surface area contributed by atoms with Crippen molar-refractivity contribution in [3.8, 4) is 0 Å². The molecule has 0 saturated heterocycles. The Morgan fingerprint density at radius 2 is 2.00 bits per heavy atom. The highest BCUT2D eigenvalue weighted by molar-refractivity contribution is 5.72. The summed E-state index contributed by atoms with van der Waals surface area (Å²) in [5.41, 5.74) is 0.968. The number of hydrogen-bond donors (Lipinski definition) is 0. The summed E-state index contributed by atoms with van der Waals surface area (Å²) >= 11 is 0. The maximum absolute atomic E-state index is 11.0. The van der Waals surface area contributed by atoms with Gasteiger partial charge in [-0.2, -0.15) is 0 Å². The molecule has 2 heteroatoms. The quantitative estimate of drug-likeness (QED) is 0.633. The van der Waals surface area contributed by atoms with Gasteiger partial charge >= 0.3 is 5.97 Å². The highest BCUT2D eigenvalue weighted by Gasteiger charge is 2.01. The molecule has 0 aliphatic heterocycles. The van der Waals surface area contributed by atoms with Gasteiger partial charge in [-0.1, -0.05) is 30.3 Å². The normalized spacial score (nSPS) is 9.42. The van der Waals surface area contributed by atoms with E-state index in [9.17, 15) is 4.79 Å². The molecule has 0 spiro atoms. The summed E-state index contributed by atoms with van der Waals surface area (Å²) in [6.45, 7) is 3.62. The number of hydrogen-bond acceptors (Lipinski definition) is 2. The van der Waals surface area contributed by atoms with E-state index in [4.69, 9.17) is 4.74 Å². The first-order valence-corrected chi connectivity index (χ1v) is 3.81. The van der Waals surface area contributed by atoms with Crippen molar-refractivity contribution >= 4 is 5.97 Å². The minimum absolute atomic E-state index is 0.200. The number of esters is 1. The Bertz CT molecular complexity index is 241. The number of ether oxygens (including phenoxy) is 1. The molecule has 0 bridgehead atoms. The summed E-state index contributed by atoms with van der Waals surface area (Å²) < 4.78 is 4.70. The first kappa shape index (κ1) is 8.78. The average molecular weight is 163 g/mol. The summed E-state index contributed by atoms with van der Waals surface area (Å²) in [6, 6.07) is 9.49. The van der Waals surface area contributed by atoms with Crippen molar-refractivity contribution in [2.45, 2.75) is 6.42 Å². The van der Waals surface area contributed by atoms with Crippen LogP contribution < -0.4 is 0 Å². The molecule has 0 N–H and O–H groups in total. The van der Waals surface area contributed by atoms with Crippen LogP contribution in [0.4, 0.5) is 0 Å². The fraction of sp³-hybridized carbons (Fsp3) is 0.200. The third-order valence-corrected chi connectivity index (χ3v) is 1.45. The van der Waals surface area contributed by atoms with Gasteiger partial charge in [0.1, 0.15) is 0 Å². The molecule has 0 aliphatic carbocycles. The lowest BCUT2D eigenvalue weighted by Gasteiger charge is -2.00. The molecule has 1 aromatic carbocycles. The minimum Gasteiger partial charge on any atom is -0.465 e. The van der Waals surface area contributed by atoms with Gasteiger partial charge in [0.05, 0.1) is 13.0 Å². The van der Waals surface area contributed by atoms with Crippen LogP contribution in [0, 0.1) is 6.92 Å². The van der Waals surface area contributed by atoms with Gasteiger partial charge in [-0.15, -0.1) is 0 Å². The maximum atomic E-state index is 11.0. The Morgan fingerprint density at radius 1 is 1.33 bits per heavy atom. The Balaban J connectivity index is 2.47. The first-order valence-electron chi connectivity index (χ1n) is 3.81. The second kappa shape index (κ2) is 4.54. The average Bonchev–Trinajstić information content (AvgIpc) is 2.06. The van der Waals surface area contributed by atoms with Crippen molar-refractivity contribution in [1.29, 1.82) is 0 Å². The minimum atomic E-state index is -0.226. The van der Waals surface area contributed by atoms with Gasteiger partial charge in [0.15, 0.2) is 0 Å². The van der Waals surface area contributed by atoms with E-state index in [2.05, 4.69) is 6.92 Å². The predicted octanol–water partition coefficient (Wildman–Crippen LogP) is 1.61. The zero-order valence-electron chi connectivity index (χ0n) is 6.82. The maximum Gasteiger partial charge on any atom is 0.310 e. The van der Waals surface area contributed by atoms with Crippen molar-refractivity contribution in [3.63, 3.8) is 0 Å². The second-order valence-electron chi connectivity index (χ2n) is 2.38. The zero-order valence-corrected chi connectivity index (χ0v) is 6.82. The van der Waals surface area contributed by atoms with Crippen LogP contribution in [0.15, 0.2) is 30.3 Å². The number of benzene rings is 1. The predicted molar refractivity (Wildman–Crippen MR) is 46.5 cm³/mol. The molecular formula is C10H11O2. The first-order chi connectivity index (χ1) is 5.83. The molecule has 0 amide bonds. The highest BCUT2D eigenvalue weighted by Crippen LogP contribution is 2.00. The van der Waals surface area contributed by atoms with Crippen LogP contribution in [-0.4, -0.2) is 12.6 Å². The largest absolute Gasteiger partial charge is 0.465 e. The second-order valence-corrected chi connectivity index (χ2v) is 2.38. The van der Waals surface area contributed by atoms with E-state index in [1.54, 1.807) is 0 Å². The van der Waals surface area contributed by atoms with Gasteiger partial charge in [0.2, 0.25) is 0 Å². The summed E-state index contributed by atoms with van der Waals surface area (Å²) in [7, 11) is 0. The van der Waals surface area contributed by atoms with Crippen LogP contribution >= 0.6 is 0 Å². The molecule has 0 saturated carbocycles. The molecule has 1 rings (SSSR count). The monoisotopic (exact) mass is 163 g/mol. The molecule has 0 aromatic heterocycles. The molecule has 12 heavy (non-hydrogen) atoms. The van der Waals surface area contributed by atoms with E-state index in [1.165, 1.54) is 0 Å². The van der Waals surface area contributed by atoms with E-state index in [-0.39, 0.29) is 12.6 Å². The summed E-state index contributed by atoms with van der Waals surface area (Å²) in [4.78, 5) is 11.0. The smallest absolute Gasteiger partial charge is 0.310 e. The number of rotatable bonds is 3. The van der Waals surface area contributed by atoms with E-state index in [1.807, 2.05) is 30.3 Å². The van der Waals surface area contributed by atoms with Crippen LogP contribution in [0.2, 0.25) is 0 Å². The van der Waals surface area contributed by atoms with Crippen molar-refractivity contribution in [2.75, 3.05) is 6.61 Å². The van der Waals surface area contributed by atoms with Gasteiger partial charge in [0, 0.05) is 0 Å². The van der Waals surface area contributed by atoms with Crippen molar-refractivity contribution in [3.05, 3.63) is 42.8 Å². The Morgan fingerprint density at radius 3 is 2.58 bits per heavy atom. The van der Waals surface area contributed by atoms with Gasteiger partial charge in [-0.3, -0.25) is 4.79 Å². The van der Waals surface area contributed by atoms with Crippen molar-refractivity contribution < 1.29 is 9.53 Å². The van der Waals surface area contributed by atoms with E-state index < -0.39 is 0 Å². The van der Waals surface area contributed by atoms with Gasteiger partial charge in [0.25, 0.3) is 0 Å². The standard InChI is InChI=1S/C10H11O2/c1-2-12-10(11)8-9-6-4-3-5-7-9/h3-7H,1-2,8H2. The van der Waals surface area contributed by atoms with E-state index in [0.29, 0.717) is 6.42 Å². The molecule has 2 nitrogen and oxygen atoms in total. The Hall–Kier alpha value is -1.31. The summed E-state index contributed by atoms with van der Waals surface area (Å²) in [5, 5.41) is 0. The third kappa shape index (κ3) is 2.74. The molecule has 0 unspecified atom stereocenters. The molecule has 0 heterocycles. The summed E-state index contributed by atoms with van der Waals surface area (Å²) in [6.07, 6.45) is 0.330. The third-order valence-electron chi connectivity index (χ3n) is 1.45. The summed E-state index contributed by atoms with van der Waals surface area (Å²) in [5.74, 6) is -0.226. The lowest BCUT2D eigenvalue weighted by atomic mass is 10.2. The van der Waals surface area contributed by atoms with Crippen LogP contribution in [-0.2, 0) is 16.0 Å². The highest BCUT2D eigenvalue weighted by atomic mass is 16.5. The molecule has 0 aliphatic rings. The van der Waals surface area contributed by atoms with Crippen molar-refractivity contribution in [2.24, 2.45) is 0 Å². The van der Waals surface area contributed by atoms with Gasteiger partial charge < -0.3 is 4.74 Å². The number of carbonyl (C=O) groups excluding carboxylic acids is 1. The Labute approximate surface area is 72.2 Å². The van der Waals surface area contributed by atoms with Crippen LogP contribution in [0.5, 0.6) is 0 Å². The lowest BCUT2D eigenvalue weighted by molar-refractivity contribution is -0.141. The fourth-order valence-corrected chi connectivity index (χ4v) is 0.927. The molecular weight excluding hydrogens is 152 g/mol. The zero-order chi connectivity index (χ0) is 8.81. The number of carbonyl (C=O) groups is 1. The van der Waals surface area contributed by atoms with Gasteiger partial charge in [-0.25, -0.2) is 0 Å². The molecule has 63 valence electrons. The lowest BCUT2D eigenvalue weighted by Crippen LogP contribution is -2.07. The SMILES string of the molecule is [CH2]COC(=O)Cc1ccccc1. The van der Waals surface area contributed by atoms with Gasteiger partial charge in [-0.05, 0) is 12.5 Å². The topological polar surface area (TPSA) is 26.3 Å². The van der Waals surface area contributed by atoms with Crippen molar-refractivity contribution in [1.82, 2.24) is 0 Å². The molecule has 1 aromatic rings. The van der Waals surface area contributed by atoms with Crippen LogP contribution in [0.1, 0.15) is 5.56 Å². The van der Waals surface area contributed by atoms with E-state index in [0.717, 1.165) is 5.56 Å². The van der Waals surface area contributed by atoms with Crippen LogP contribution in [0.3, 0.4) is 0 Å². The molecule has 0 atom stereocenters.